The molecule has 5 rings (SSSR count). The first-order chi connectivity index (χ1) is 12.3. The Morgan fingerprint density at radius 2 is 2.08 bits per heavy atom. The first-order valence-electron chi connectivity index (χ1n) is 8.70. The number of pyridine rings is 1. The molecule has 1 saturated carbocycles. The molecule has 25 heavy (non-hydrogen) atoms. The van der Waals surface area contributed by atoms with Crippen LogP contribution in [0, 0.1) is 0 Å². The van der Waals surface area contributed by atoms with Gasteiger partial charge in [0, 0.05) is 25.2 Å². The number of nitrogens with one attached hydrogen (secondary N) is 2. The van der Waals surface area contributed by atoms with Crippen LogP contribution in [0.15, 0.2) is 36.8 Å². The molecule has 3 aromatic heterocycles. The number of nitrogens with zero attached hydrogens (tertiary/aromatic N) is 4. The average molecular weight is 338 g/mol. The third kappa shape index (κ3) is 2.74. The number of fused-ring (bicyclic) bond motifs is 1. The maximum absolute atomic E-state index is 13.8. The van der Waals surface area contributed by atoms with Crippen molar-refractivity contribution in [2.24, 2.45) is 0 Å². The van der Waals surface area contributed by atoms with Gasteiger partial charge in [-0.1, -0.05) is 6.07 Å². The lowest BCUT2D eigenvalue weighted by molar-refractivity contribution is 0.342. The van der Waals surface area contributed by atoms with Crippen molar-refractivity contribution >= 4 is 11.5 Å². The van der Waals surface area contributed by atoms with Gasteiger partial charge in [0.25, 0.3) is 0 Å². The number of anilines is 1. The Bertz CT molecular complexity index is 919. The van der Waals surface area contributed by atoms with E-state index in [4.69, 9.17) is 0 Å². The first kappa shape index (κ1) is 14.8. The summed E-state index contributed by atoms with van der Waals surface area (Å²) in [6, 6.07) is 5.51. The standard InChI is InChI=1S/C18H19FN6/c19-12-6-20-7-14(12)24-17-3-1-2-13(23-17)16-8-22-18-9-21-15(10-25(16)18)11-4-5-11/h1-3,8-12,14,20H,4-7H2,(H,23,24). The predicted molar refractivity (Wildman–Crippen MR) is 93.4 cm³/mol. The van der Waals surface area contributed by atoms with E-state index < -0.39 is 6.17 Å². The second-order valence-corrected chi connectivity index (χ2v) is 6.79. The van der Waals surface area contributed by atoms with Gasteiger partial charge in [-0.25, -0.2) is 14.4 Å². The molecule has 1 aliphatic carbocycles. The number of hydrogen-bond donors (Lipinski definition) is 2. The summed E-state index contributed by atoms with van der Waals surface area (Å²) in [6.07, 6.45) is 7.22. The van der Waals surface area contributed by atoms with Crippen LogP contribution < -0.4 is 10.6 Å². The van der Waals surface area contributed by atoms with Gasteiger partial charge in [0.2, 0.25) is 0 Å². The van der Waals surface area contributed by atoms with Gasteiger partial charge >= 0.3 is 0 Å². The number of alkyl halides is 1. The largest absolute Gasteiger partial charge is 0.363 e. The van der Waals surface area contributed by atoms with Gasteiger partial charge in [-0.05, 0) is 25.0 Å². The lowest BCUT2D eigenvalue weighted by Crippen LogP contribution is -2.29. The molecule has 4 heterocycles. The van der Waals surface area contributed by atoms with Crippen LogP contribution in [0.1, 0.15) is 24.5 Å². The number of halogens is 1. The van der Waals surface area contributed by atoms with Crippen LogP contribution in [0.5, 0.6) is 0 Å². The number of imidazole rings is 1. The molecule has 0 amide bonds. The summed E-state index contributed by atoms with van der Waals surface area (Å²) in [6.45, 7) is 1.00. The fourth-order valence-electron chi connectivity index (χ4n) is 3.32. The molecule has 0 bridgehead atoms. The minimum Gasteiger partial charge on any atom is -0.363 e. The topological polar surface area (TPSA) is 67.1 Å². The van der Waals surface area contributed by atoms with E-state index in [2.05, 4.69) is 31.8 Å². The van der Waals surface area contributed by atoms with Gasteiger partial charge in [0.1, 0.15) is 12.0 Å². The Hall–Kier alpha value is -2.54. The van der Waals surface area contributed by atoms with Gasteiger partial charge in [0.05, 0.1) is 35.5 Å². The van der Waals surface area contributed by atoms with Gasteiger partial charge in [-0.3, -0.25) is 9.38 Å². The van der Waals surface area contributed by atoms with Crippen molar-refractivity contribution in [3.63, 3.8) is 0 Å². The zero-order valence-electron chi connectivity index (χ0n) is 13.7. The predicted octanol–water partition coefficient (Wildman–Crippen LogP) is 2.39. The van der Waals surface area contributed by atoms with Crippen LogP contribution in [0.2, 0.25) is 0 Å². The zero-order valence-corrected chi connectivity index (χ0v) is 13.7. The van der Waals surface area contributed by atoms with Crippen molar-refractivity contribution in [2.45, 2.75) is 31.0 Å². The summed E-state index contributed by atoms with van der Waals surface area (Å²) in [5, 5.41) is 6.24. The lowest BCUT2D eigenvalue weighted by Gasteiger charge is -2.15. The van der Waals surface area contributed by atoms with Gasteiger partial charge in [0.15, 0.2) is 5.65 Å². The molecular formula is C18H19FN6. The Kier molecular flexibility index (Phi) is 3.41. The van der Waals surface area contributed by atoms with E-state index in [9.17, 15) is 4.39 Å². The van der Waals surface area contributed by atoms with Crippen molar-refractivity contribution in [1.29, 1.82) is 0 Å². The molecule has 7 heteroatoms. The molecule has 1 saturated heterocycles. The summed E-state index contributed by atoms with van der Waals surface area (Å²) in [4.78, 5) is 13.6. The van der Waals surface area contributed by atoms with E-state index in [1.165, 1.54) is 12.8 Å². The van der Waals surface area contributed by atoms with E-state index >= 15 is 0 Å². The molecule has 6 nitrogen and oxygen atoms in total. The van der Waals surface area contributed by atoms with Crippen molar-refractivity contribution in [3.8, 4) is 11.4 Å². The van der Waals surface area contributed by atoms with Crippen molar-refractivity contribution < 1.29 is 4.39 Å². The molecule has 0 radical (unpaired) electrons. The monoisotopic (exact) mass is 338 g/mol. The third-order valence-corrected chi connectivity index (χ3v) is 4.90. The third-order valence-electron chi connectivity index (χ3n) is 4.90. The Labute approximate surface area is 144 Å². The summed E-state index contributed by atoms with van der Waals surface area (Å²) < 4.78 is 15.9. The molecule has 2 unspecified atom stereocenters. The van der Waals surface area contributed by atoms with E-state index in [0.717, 1.165) is 22.7 Å². The molecule has 3 aromatic rings. The van der Waals surface area contributed by atoms with E-state index in [-0.39, 0.29) is 6.04 Å². The smallest absolute Gasteiger partial charge is 0.155 e. The number of rotatable bonds is 4. The summed E-state index contributed by atoms with van der Waals surface area (Å²) in [7, 11) is 0. The summed E-state index contributed by atoms with van der Waals surface area (Å²) >= 11 is 0. The Balaban J connectivity index is 1.49. The average Bonchev–Trinajstić information content (AvgIpc) is 3.28. The quantitative estimate of drug-likeness (QED) is 0.765. The second kappa shape index (κ2) is 5.77. The number of hydrogen-bond acceptors (Lipinski definition) is 5. The molecule has 2 N–H and O–H groups in total. The SMILES string of the molecule is FC1CNCC1Nc1cccc(-c2cnc3cnc(C4CC4)cn23)n1. The minimum atomic E-state index is -0.895. The molecule has 2 fully saturated rings. The van der Waals surface area contributed by atoms with E-state index in [0.29, 0.717) is 24.8 Å². The van der Waals surface area contributed by atoms with Crippen LogP contribution in [0.4, 0.5) is 10.2 Å². The fraction of sp³-hybridized carbons (Fsp3) is 0.389. The molecular weight excluding hydrogens is 319 g/mol. The zero-order chi connectivity index (χ0) is 16.8. The highest BCUT2D eigenvalue weighted by atomic mass is 19.1. The van der Waals surface area contributed by atoms with Crippen LogP contribution in [0.3, 0.4) is 0 Å². The molecule has 128 valence electrons. The molecule has 0 aromatic carbocycles. The highest BCUT2D eigenvalue weighted by Gasteiger charge is 2.27. The van der Waals surface area contributed by atoms with E-state index in [1.807, 2.05) is 35.0 Å². The van der Waals surface area contributed by atoms with E-state index in [1.54, 1.807) is 0 Å². The highest BCUT2D eigenvalue weighted by Crippen LogP contribution is 2.39. The van der Waals surface area contributed by atoms with Gasteiger partial charge in [-0.2, -0.15) is 0 Å². The van der Waals surface area contributed by atoms with Crippen LogP contribution in [0.25, 0.3) is 17.0 Å². The number of aromatic nitrogens is 4. The maximum Gasteiger partial charge on any atom is 0.155 e. The first-order valence-corrected chi connectivity index (χ1v) is 8.70. The summed E-state index contributed by atoms with van der Waals surface area (Å²) in [5.41, 5.74) is 3.65. The molecule has 0 spiro atoms. The molecule has 2 aliphatic rings. The normalized spacial score (nSPS) is 23.2. The van der Waals surface area contributed by atoms with Crippen LogP contribution in [-0.4, -0.2) is 44.7 Å². The summed E-state index contributed by atoms with van der Waals surface area (Å²) in [5.74, 6) is 1.26. The van der Waals surface area contributed by atoms with Gasteiger partial charge in [-0.15, -0.1) is 0 Å². The fourth-order valence-corrected chi connectivity index (χ4v) is 3.32. The van der Waals surface area contributed by atoms with Crippen LogP contribution in [-0.2, 0) is 0 Å². The maximum atomic E-state index is 13.8. The molecule has 1 aliphatic heterocycles. The highest BCUT2D eigenvalue weighted by molar-refractivity contribution is 5.61. The lowest BCUT2D eigenvalue weighted by atomic mass is 10.2. The minimum absolute atomic E-state index is 0.240. The second-order valence-electron chi connectivity index (χ2n) is 6.79. The van der Waals surface area contributed by atoms with Crippen molar-refractivity contribution in [2.75, 3.05) is 18.4 Å². The van der Waals surface area contributed by atoms with Crippen molar-refractivity contribution in [3.05, 3.63) is 42.5 Å². The van der Waals surface area contributed by atoms with Crippen molar-refractivity contribution in [1.82, 2.24) is 24.7 Å². The van der Waals surface area contributed by atoms with Gasteiger partial charge < -0.3 is 10.6 Å². The Morgan fingerprint density at radius 1 is 1.16 bits per heavy atom. The molecule has 2 atom stereocenters. The Morgan fingerprint density at radius 3 is 2.88 bits per heavy atom. The van der Waals surface area contributed by atoms with Crippen LogP contribution >= 0.6 is 0 Å².